The largest absolute Gasteiger partial charge is 0.427 e. The maximum absolute atomic E-state index is 12.9. The number of benzene rings is 1. The van der Waals surface area contributed by atoms with Crippen LogP contribution >= 0.6 is 0 Å². The Labute approximate surface area is 192 Å². The van der Waals surface area contributed by atoms with Gasteiger partial charge in [0.1, 0.15) is 5.70 Å². The van der Waals surface area contributed by atoms with Gasteiger partial charge in [-0.3, -0.25) is 14.4 Å². The highest BCUT2D eigenvalue weighted by Gasteiger charge is 2.57. The van der Waals surface area contributed by atoms with Gasteiger partial charge in [-0.15, -0.1) is 0 Å². The first-order chi connectivity index (χ1) is 15.5. The molecule has 1 aromatic rings. The van der Waals surface area contributed by atoms with E-state index in [1.807, 2.05) is 0 Å². The molecule has 3 atom stereocenters. The van der Waals surface area contributed by atoms with Crippen LogP contribution in [0.3, 0.4) is 0 Å². The van der Waals surface area contributed by atoms with Crippen molar-refractivity contribution in [3.05, 3.63) is 41.1 Å². The maximum Gasteiger partial charge on any atom is 0.358 e. The van der Waals surface area contributed by atoms with E-state index >= 15 is 0 Å². The first kappa shape index (κ1) is 24.4. The lowest BCUT2D eigenvalue weighted by Gasteiger charge is -2.44. The fourth-order valence-corrected chi connectivity index (χ4v) is 4.04. The lowest BCUT2D eigenvalue weighted by Crippen LogP contribution is -2.61. The molecule has 9 heteroatoms. The molecule has 0 unspecified atom stereocenters. The Morgan fingerprint density at radius 3 is 2.36 bits per heavy atom. The summed E-state index contributed by atoms with van der Waals surface area (Å²) in [4.78, 5) is 50.5. The van der Waals surface area contributed by atoms with Gasteiger partial charge in [0.25, 0.3) is 0 Å². The van der Waals surface area contributed by atoms with Gasteiger partial charge in [0.2, 0.25) is 18.6 Å². The molecule has 2 amide bonds. The monoisotopic (exact) mass is 458 g/mol. The second-order valence-corrected chi connectivity index (χ2v) is 9.35. The molecule has 178 valence electrons. The van der Waals surface area contributed by atoms with Gasteiger partial charge in [-0.25, -0.2) is 4.79 Å². The van der Waals surface area contributed by atoms with Crippen molar-refractivity contribution < 1.29 is 33.8 Å². The number of carbonyl (C=O) groups excluding carboxylic acids is 4. The van der Waals surface area contributed by atoms with Crippen molar-refractivity contribution in [1.29, 1.82) is 0 Å². The number of nitrogens with one attached hydrogen (secondary N) is 1. The van der Waals surface area contributed by atoms with Crippen LogP contribution < -0.4 is 5.32 Å². The number of fused-ring (bicyclic) bond motifs is 1. The van der Waals surface area contributed by atoms with Crippen molar-refractivity contribution in [3.63, 3.8) is 0 Å². The Balaban J connectivity index is 1.84. The molecule has 9 nitrogen and oxygen atoms in total. The molecule has 0 aliphatic carbocycles. The fourth-order valence-electron chi connectivity index (χ4n) is 4.04. The number of rotatable bonds is 7. The third-order valence-electron chi connectivity index (χ3n) is 5.86. The van der Waals surface area contributed by atoms with Crippen molar-refractivity contribution in [2.75, 3.05) is 13.8 Å². The topological polar surface area (TPSA) is 122 Å². The lowest BCUT2D eigenvalue weighted by molar-refractivity contribution is -0.175. The van der Waals surface area contributed by atoms with Gasteiger partial charge < -0.3 is 24.8 Å². The molecule has 0 saturated carbocycles. The molecule has 2 N–H and O–H groups in total. The van der Waals surface area contributed by atoms with Crippen LogP contribution in [0.2, 0.25) is 0 Å². The number of carbonyl (C=O) groups is 4. The van der Waals surface area contributed by atoms with E-state index in [-0.39, 0.29) is 30.0 Å². The van der Waals surface area contributed by atoms with Gasteiger partial charge >= 0.3 is 11.9 Å². The van der Waals surface area contributed by atoms with Crippen LogP contribution in [0.4, 0.5) is 0 Å². The minimum absolute atomic E-state index is 0.0905. The van der Waals surface area contributed by atoms with Gasteiger partial charge in [0.15, 0.2) is 0 Å². The smallest absolute Gasteiger partial charge is 0.358 e. The predicted molar refractivity (Wildman–Crippen MR) is 118 cm³/mol. The van der Waals surface area contributed by atoms with Crippen LogP contribution in [-0.4, -0.2) is 59.7 Å². The average molecular weight is 459 g/mol. The maximum atomic E-state index is 12.9. The first-order valence-corrected chi connectivity index (χ1v) is 10.8. The third kappa shape index (κ3) is 4.93. The van der Waals surface area contributed by atoms with Crippen molar-refractivity contribution in [2.45, 2.75) is 52.7 Å². The minimum Gasteiger partial charge on any atom is -0.427 e. The molecule has 2 aliphatic rings. The summed E-state index contributed by atoms with van der Waals surface area (Å²) in [6.45, 7) is 6.03. The molecule has 33 heavy (non-hydrogen) atoms. The molecular weight excluding hydrogens is 428 g/mol. The Bertz CT molecular complexity index is 989. The summed E-state index contributed by atoms with van der Waals surface area (Å²) in [5, 5.41) is 12.6. The standard InChI is InChI=1S/C24H30N2O7/c1-13(27)19-17-11-16(15-8-6-14(7-9-15)10-18(28)25-5)20(26(17)21(19)29)22(30)32-12-33-23(31)24(2,3)4/h6-9,13,17,19,27H,10-12H2,1-5H3,(H,25,28)/t13-,17-,19-/m1/s1. The highest BCUT2D eigenvalue weighted by atomic mass is 16.7. The summed E-state index contributed by atoms with van der Waals surface area (Å²) in [6, 6.07) is 6.80. The van der Waals surface area contributed by atoms with E-state index in [1.54, 1.807) is 59.0 Å². The molecule has 0 bridgehead atoms. The van der Waals surface area contributed by atoms with Crippen LogP contribution in [-0.2, 0) is 35.1 Å². The van der Waals surface area contributed by atoms with Crippen molar-refractivity contribution in [2.24, 2.45) is 11.3 Å². The van der Waals surface area contributed by atoms with Gasteiger partial charge in [0, 0.05) is 7.05 Å². The molecule has 0 spiro atoms. The second-order valence-electron chi connectivity index (χ2n) is 9.35. The molecule has 3 rings (SSSR count). The number of amides is 2. The van der Waals surface area contributed by atoms with Crippen LogP contribution in [0.1, 0.15) is 45.2 Å². The lowest BCUT2D eigenvalue weighted by atomic mass is 9.82. The zero-order valence-electron chi connectivity index (χ0n) is 19.5. The fraction of sp³-hybridized carbons (Fsp3) is 0.500. The third-order valence-corrected chi connectivity index (χ3v) is 5.86. The van der Waals surface area contributed by atoms with E-state index in [2.05, 4.69) is 5.32 Å². The van der Waals surface area contributed by atoms with Crippen LogP contribution in [0.15, 0.2) is 30.0 Å². The Morgan fingerprint density at radius 2 is 1.82 bits per heavy atom. The number of hydrogen-bond acceptors (Lipinski definition) is 7. The van der Waals surface area contributed by atoms with E-state index in [4.69, 9.17) is 9.47 Å². The summed E-state index contributed by atoms with van der Waals surface area (Å²) < 4.78 is 10.2. The predicted octanol–water partition coefficient (Wildman–Crippen LogP) is 1.39. The van der Waals surface area contributed by atoms with Crippen LogP contribution in [0.25, 0.3) is 5.57 Å². The summed E-state index contributed by atoms with van der Waals surface area (Å²) in [7, 11) is 1.57. The van der Waals surface area contributed by atoms with Crippen molar-refractivity contribution in [3.8, 4) is 0 Å². The highest BCUT2D eigenvalue weighted by molar-refractivity contribution is 6.06. The van der Waals surface area contributed by atoms with E-state index in [9.17, 15) is 24.3 Å². The van der Waals surface area contributed by atoms with Gasteiger partial charge in [-0.2, -0.15) is 0 Å². The van der Waals surface area contributed by atoms with E-state index in [0.717, 1.165) is 5.56 Å². The van der Waals surface area contributed by atoms with Crippen LogP contribution in [0.5, 0.6) is 0 Å². The highest BCUT2D eigenvalue weighted by Crippen LogP contribution is 2.47. The number of ether oxygens (including phenoxy) is 2. The van der Waals surface area contributed by atoms with E-state index in [0.29, 0.717) is 17.6 Å². The summed E-state index contributed by atoms with van der Waals surface area (Å²) in [5.41, 5.74) is 1.46. The van der Waals surface area contributed by atoms with Gasteiger partial charge in [0.05, 0.1) is 29.9 Å². The number of nitrogens with zero attached hydrogens (tertiary/aromatic N) is 1. The Hall–Kier alpha value is -3.20. The first-order valence-electron chi connectivity index (χ1n) is 10.8. The van der Waals surface area contributed by atoms with Crippen molar-refractivity contribution in [1.82, 2.24) is 10.2 Å². The summed E-state index contributed by atoms with van der Waals surface area (Å²) in [5.74, 6) is -2.36. The van der Waals surface area contributed by atoms with Gasteiger partial charge in [-0.1, -0.05) is 24.3 Å². The SMILES string of the molecule is CNC(=O)Cc1ccc(C2=C(C(=O)OCOC(=O)C(C)(C)C)N3C(=O)[C@H]([C@@H](C)O)[C@H]3C2)cc1. The molecule has 1 fully saturated rings. The summed E-state index contributed by atoms with van der Waals surface area (Å²) >= 11 is 0. The number of aliphatic hydroxyl groups is 1. The molecule has 0 radical (unpaired) electrons. The number of β-lactam (4-membered cyclic amide) rings is 1. The Kier molecular flexibility index (Phi) is 6.92. The molecule has 0 aromatic heterocycles. The molecular formula is C24H30N2O7. The zero-order valence-corrected chi connectivity index (χ0v) is 19.5. The van der Waals surface area contributed by atoms with Crippen LogP contribution in [0, 0.1) is 11.3 Å². The Morgan fingerprint density at radius 1 is 1.18 bits per heavy atom. The minimum atomic E-state index is -0.849. The average Bonchev–Trinajstić information content (AvgIpc) is 3.08. The quantitative estimate of drug-likeness (QED) is 0.360. The number of aliphatic hydroxyl groups excluding tert-OH is 1. The molecule has 1 saturated heterocycles. The second kappa shape index (κ2) is 9.35. The number of esters is 2. The summed E-state index contributed by atoms with van der Waals surface area (Å²) in [6.07, 6.45) is -0.248. The zero-order chi connectivity index (χ0) is 24.5. The molecule has 2 aliphatic heterocycles. The molecule has 1 aromatic carbocycles. The van der Waals surface area contributed by atoms with Gasteiger partial charge in [-0.05, 0) is 50.8 Å². The van der Waals surface area contributed by atoms with Crippen molar-refractivity contribution >= 4 is 29.3 Å². The van der Waals surface area contributed by atoms with E-state index in [1.165, 1.54) is 4.90 Å². The number of likely N-dealkylation sites (N-methyl/N-ethyl adjacent to an activating group) is 1. The van der Waals surface area contributed by atoms with E-state index < -0.39 is 36.2 Å². The normalized spacial score (nSPS) is 20.7. The molecule has 2 heterocycles. The number of hydrogen-bond donors (Lipinski definition) is 2.